The van der Waals surface area contributed by atoms with Crippen molar-refractivity contribution in [2.75, 3.05) is 7.11 Å². The first-order chi connectivity index (χ1) is 8.65. The standard InChI is InChI=1S/C14H10F2O2/c1-18-14-7-13(16)12(6-10(14)8-17)9-2-4-11(15)5-3-9/h2-8H,1H3. The Hall–Kier alpha value is -2.23. The second-order valence-corrected chi connectivity index (χ2v) is 3.70. The highest BCUT2D eigenvalue weighted by atomic mass is 19.1. The average molecular weight is 248 g/mol. The lowest BCUT2D eigenvalue weighted by molar-refractivity contribution is 0.112. The molecular formula is C14H10F2O2. The van der Waals surface area contributed by atoms with Crippen LogP contribution in [0.5, 0.6) is 5.75 Å². The van der Waals surface area contributed by atoms with Crippen molar-refractivity contribution in [2.45, 2.75) is 0 Å². The number of halogens is 2. The molecule has 2 aromatic carbocycles. The third kappa shape index (κ3) is 2.22. The molecule has 0 fully saturated rings. The minimum Gasteiger partial charge on any atom is -0.496 e. The van der Waals surface area contributed by atoms with Gasteiger partial charge in [-0.05, 0) is 23.8 Å². The average Bonchev–Trinajstić information content (AvgIpc) is 2.39. The number of hydrogen-bond donors (Lipinski definition) is 0. The fraction of sp³-hybridized carbons (Fsp3) is 0.0714. The molecule has 0 amide bonds. The van der Waals surface area contributed by atoms with Crippen LogP contribution in [-0.2, 0) is 0 Å². The maximum Gasteiger partial charge on any atom is 0.153 e. The Kier molecular flexibility index (Phi) is 3.37. The van der Waals surface area contributed by atoms with Crippen LogP contribution in [0, 0.1) is 11.6 Å². The van der Waals surface area contributed by atoms with Crippen molar-refractivity contribution in [2.24, 2.45) is 0 Å². The van der Waals surface area contributed by atoms with Crippen LogP contribution >= 0.6 is 0 Å². The van der Waals surface area contributed by atoms with Crippen LogP contribution < -0.4 is 4.74 Å². The highest BCUT2D eigenvalue weighted by Gasteiger charge is 2.11. The summed E-state index contributed by atoms with van der Waals surface area (Å²) < 4.78 is 31.5. The van der Waals surface area contributed by atoms with Gasteiger partial charge in [0.1, 0.15) is 17.4 Å². The third-order valence-electron chi connectivity index (χ3n) is 2.60. The van der Waals surface area contributed by atoms with Gasteiger partial charge in [0, 0.05) is 11.6 Å². The van der Waals surface area contributed by atoms with Crippen LogP contribution in [0.2, 0.25) is 0 Å². The normalized spacial score (nSPS) is 10.2. The first-order valence-corrected chi connectivity index (χ1v) is 5.24. The Balaban J connectivity index is 2.57. The minimum atomic E-state index is -0.524. The molecule has 92 valence electrons. The van der Waals surface area contributed by atoms with E-state index in [2.05, 4.69) is 0 Å². The van der Waals surface area contributed by atoms with E-state index in [1.54, 1.807) is 0 Å². The van der Waals surface area contributed by atoms with E-state index in [4.69, 9.17) is 4.74 Å². The zero-order valence-corrected chi connectivity index (χ0v) is 9.61. The van der Waals surface area contributed by atoms with Crippen molar-refractivity contribution in [3.8, 4) is 16.9 Å². The van der Waals surface area contributed by atoms with Crippen LogP contribution in [0.4, 0.5) is 8.78 Å². The lowest BCUT2D eigenvalue weighted by Crippen LogP contribution is -1.94. The molecule has 0 aliphatic rings. The van der Waals surface area contributed by atoms with E-state index in [1.165, 1.54) is 37.4 Å². The number of hydrogen-bond acceptors (Lipinski definition) is 2. The van der Waals surface area contributed by atoms with Crippen molar-refractivity contribution in [1.82, 2.24) is 0 Å². The fourth-order valence-corrected chi connectivity index (χ4v) is 1.69. The minimum absolute atomic E-state index is 0.174. The van der Waals surface area contributed by atoms with Gasteiger partial charge in [0.25, 0.3) is 0 Å². The first-order valence-electron chi connectivity index (χ1n) is 5.24. The zero-order chi connectivity index (χ0) is 13.1. The maximum absolute atomic E-state index is 13.9. The third-order valence-corrected chi connectivity index (χ3v) is 2.60. The summed E-state index contributed by atoms with van der Waals surface area (Å²) in [5.74, 6) is -0.749. The molecule has 2 rings (SSSR count). The predicted octanol–water partition coefficient (Wildman–Crippen LogP) is 3.45. The van der Waals surface area contributed by atoms with Crippen molar-refractivity contribution >= 4 is 6.29 Å². The van der Waals surface area contributed by atoms with Gasteiger partial charge in [-0.3, -0.25) is 4.79 Å². The van der Waals surface area contributed by atoms with Crippen LogP contribution in [0.25, 0.3) is 11.1 Å². The molecule has 18 heavy (non-hydrogen) atoms. The molecule has 0 aliphatic carbocycles. The lowest BCUT2D eigenvalue weighted by atomic mass is 10.0. The highest BCUT2D eigenvalue weighted by Crippen LogP contribution is 2.29. The Labute approximate surface area is 103 Å². The second-order valence-electron chi connectivity index (χ2n) is 3.70. The van der Waals surface area contributed by atoms with Gasteiger partial charge in [-0.2, -0.15) is 0 Å². The van der Waals surface area contributed by atoms with Gasteiger partial charge in [-0.15, -0.1) is 0 Å². The van der Waals surface area contributed by atoms with E-state index >= 15 is 0 Å². The number of rotatable bonds is 3. The molecule has 0 spiro atoms. The van der Waals surface area contributed by atoms with Gasteiger partial charge in [0.05, 0.1) is 12.7 Å². The summed E-state index contributed by atoms with van der Waals surface area (Å²) >= 11 is 0. The molecule has 4 heteroatoms. The summed E-state index contributed by atoms with van der Waals surface area (Å²) in [6.07, 6.45) is 0.589. The molecule has 0 aliphatic heterocycles. The van der Waals surface area contributed by atoms with Crippen molar-refractivity contribution in [3.63, 3.8) is 0 Å². The van der Waals surface area contributed by atoms with Crippen molar-refractivity contribution < 1.29 is 18.3 Å². The van der Waals surface area contributed by atoms with Gasteiger partial charge >= 0.3 is 0 Å². The summed E-state index contributed by atoms with van der Waals surface area (Å²) in [6, 6.07) is 7.90. The second kappa shape index (κ2) is 4.96. The number of benzene rings is 2. The van der Waals surface area contributed by atoms with E-state index in [9.17, 15) is 13.6 Å². The monoisotopic (exact) mass is 248 g/mol. The van der Waals surface area contributed by atoms with E-state index in [-0.39, 0.29) is 16.9 Å². The molecule has 0 aromatic heterocycles. The summed E-state index contributed by atoms with van der Waals surface area (Å²) in [7, 11) is 1.36. The number of aldehydes is 1. The van der Waals surface area contributed by atoms with Crippen LogP contribution in [-0.4, -0.2) is 13.4 Å². The summed E-state index contributed by atoms with van der Waals surface area (Å²) in [5.41, 5.74) is 0.982. The number of ether oxygens (including phenoxy) is 1. The molecule has 0 radical (unpaired) electrons. The van der Waals surface area contributed by atoms with Gasteiger partial charge in [-0.25, -0.2) is 8.78 Å². The molecule has 0 unspecified atom stereocenters. The van der Waals surface area contributed by atoms with E-state index < -0.39 is 11.6 Å². The van der Waals surface area contributed by atoms with Crippen LogP contribution in [0.15, 0.2) is 36.4 Å². The Morgan fingerprint density at radius 1 is 1.11 bits per heavy atom. The number of carbonyl (C=O) groups is 1. The van der Waals surface area contributed by atoms with Gasteiger partial charge in [0.2, 0.25) is 0 Å². The molecule has 0 atom stereocenters. The quantitative estimate of drug-likeness (QED) is 0.777. The van der Waals surface area contributed by atoms with Crippen molar-refractivity contribution in [1.29, 1.82) is 0 Å². The molecular weight excluding hydrogens is 238 g/mol. The lowest BCUT2D eigenvalue weighted by Gasteiger charge is -2.08. The molecule has 0 saturated heterocycles. The van der Waals surface area contributed by atoms with E-state index in [0.717, 1.165) is 6.07 Å². The summed E-state index contributed by atoms with van der Waals surface area (Å²) in [6.45, 7) is 0. The van der Waals surface area contributed by atoms with Gasteiger partial charge in [0.15, 0.2) is 6.29 Å². The summed E-state index contributed by atoms with van der Waals surface area (Å²) in [5, 5.41) is 0. The molecule has 0 saturated carbocycles. The van der Waals surface area contributed by atoms with Crippen LogP contribution in [0.3, 0.4) is 0 Å². The zero-order valence-electron chi connectivity index (χ0n) is 9.61. The van der Waals surface area contributed by atoms with Gasteiger partial charge in [-0.1, -0.05) is 12.1 Å². The first kappa shape index (κ1) is 12.2. The largest absolute Gasteiger partial charge is 0.496 e. The van der Waals surface area contributed by atoms with Crippen LogP contribution in [0.1, 0.15) is 10.4 Å². The predicted molar refractivity (Wildman–Crippen MR) is 63.7 cm³/mol. The Bertz CT molecular complexity index is 577. The SMILES string of the molecule is COc1cc(F)c(-c2ccc(F)cc2)cc1C=O. The molecule has 2 nitrogen and oxygen atoms in total. The van der Waals surface area contributed by atoms with E-state index in [0.29, 0.717) is 11.8 Å². The molecule has 0 heterocycles. The fourth-order valence-electron chi connectivity index (χ4n) is 1.69. The smallest absolute Gasteiger partial charge is 0.153 e. The highest BCUT2D eigenvalue weighted by molar-refractivity contribution is 5.83. The Morgan fingerprint density at radius 3 is 2.33 bits per heavy atom. The van der Waals surface area contributed by atoms with Gasteiger partial charge < -0.3 is 4.74 Å². The Morgan fingerprint density at radius 2 is 1.78 bits per heavy atom. The van der Waals surface area contributed by atoms with E-state index in [1.807, 2.05) is 0 Å². The summed E-state index contributed by atoms with van der Waals surface area (Å²) in [4.78, 5) is 10.9. The van der Waals surface area contributed by atoms with Crippen molar-refractivity contribution in [3.05, 3.63) is 53.6 Å². The maximum atomic E-state index is 13.9. The molecule has 2 aromatic rings. The number of methoxy groups -OCH3 is 1. The number of carbonyl (C=O) groups excluding carboxylic acids is 1. The topological polar surface area (TPSA) is 26.3 Å². The molecule has 0 bridgehead atoms. The molecule has 0 N–H and O–H groups in total.